The van der Waals surface area contributed by atoms with E-state index in [1.807, 2.05) is 6.07 Å². The topological polar surface area (TPSA) is 36.3 Å². The van der Waals surface area contributed by atoms with Crippen LogP contribution in [0.5, 0.6) is 0 Å². The minimum atomic E-state index is -4.30. The third kappa shape index (κ3) is 4.63. The van der Waals surface area contributed by atoms with E-state index in [2.05, 4.69) is 4.74 Å². The smallest absolute Gasteiger partial charge is 0.371 e. The Balaban J connectivity index is 2.46. The Morgan fingerprint density at radius 2 is 2.00 bits per heavy atom. The first kappa shape index (κ1) is 14.3. The van der Waals surface area contributed by atoms with Gasteiger partial charge in [0.05, 0.1) is 17.9 Å². The molecule has 0 atom stereocenters. The first-order chi connectivity index (χ1) is 8.44. The molecule has 0 aliphatic carbocycles. The van der Waals surface area contributed by atoms with Crippen molar-refractivity contribution in [1.82, 2.24) is 0 Å². The van der Waals surface area contributed by atoms with Crippen LogP contribution in [0.25, 0.3) is 0 Å². The summed E-state index contributed by atoms with van der Waals surface area (Å²) in [6, 6.07) is 8.92. The number of alkyl halides is 3. The van der Waals surface area contributed by atoms with Gasteiger partial charge in [-0.3, -0.25) is 0 Å². The van der Waals surface area contributed by atoms with Gasteiger partial charge in [0, 0.05) is 13.6 Å². The molecule has 0 aliphatic heterocycles. The van der Waals surface area contributed by atoms with E-state index in [0.29, 0.717) is 11.3 Å². The van der Waals surface area contributed by atoms with Gasteiger partial charge in [-0.25, -0.2) is 0 Å². The minimum absolute atomic E-state index is 0.0459. The van der Waals surface area contributed by atoms with Gasteiger partial charge in [0.15, 0.2) is 0 Å². The Morgan fingerprint density at radius 3 is 2.61 bits per heavy atom. The third-order valence-corrected chi connectivity index (χ3v) is 2.27. The Kier molecular flexibility index (Phi) is 4.98. The summed E-state index contributed by atoms with van der Waals surface area (Å²) in [5.74, 6) is 0. The lowest BCUT2D eigenvalue weighted by molar-refractivity contribution is -0.173. The summed E-state index contributed by atoms with van der Waals surface area (Å²) < 4.78 is 40.0. The monoisotopic (exact) mass is 258 g/mol. The van der Waals surface area contributed by atoms with Crippen LogP contribution < -0.4 is 4.90 Å². The van der Waals surface area contributed by atoms with Gasteiger partial charge in [0.25, 0.3) is 0 Å². The Morgan fingerprint density at radius 1 is 1.33 bits per heavy atom. The molecular weight excluding hydrogens is 245 g/mol. The second-order valence-corrected chi connectivity index (χ2v) is 3.72. The highest BCUT2D eigenvalue weighted by Crippen LogP contribution is 2.18. The molecule has 3 nitrogen and oxygen atoms in total. The van der Waals surface area contributed by atoms with Crippen LogP contribution in [0.2, 0.25) is 0 Å². The fourth-order valence-corrected chi connectivity index (χ4v) is 1.41. The van der Waals surface area contributed by atoms with Crippen molar-refractivity contribution in [2.75, 3.05) is 31.7 Å². The van der Waals surface area contributed by atoms with Crippen molar-refractivity contribution in [3.05, 3.63) is 29.8 Å². The molecule has 6 heteroatoms. The summed E-state index contributed by atoms with van der Waals surface area (Å²) in [6.07, 6.45) is -4.30. The minimum Gasteiger partial charge on any atom is -0.371 e. The van der Waals surface area contributed by atoms with Crippen LogP contribution in [-0.2, 0) is 4.74 Å². The highest BCUT2D eigenvalue weighted by Gasteiger charge is 2.27. The van der Waals surface area contributed by atoms with Crippen LogP contribution in [0, 0.1) is 11.3 Å². The highest BCUT2D eigenvalue weighted by molar-refractivity contribution is 5.58. The molecule has 0 heterocycles. The fourth-order valence-electron chi connectivity index (χ4n) is 1.41. The SMILES string of the molecule is CN(CCOCC(F)(F)F)c1ccccc1C#N. The molecule has 0 N–H and O–H groups in total. The first-order valence-corrected chi connectivity index (χ1v) is 5.29. The zero-order valence-electron chi connectivity index (χ0n) is 9.87. The molecule has 0 aliphatic rings. The van der Waals surface area contributed by atoms with Gasteiger partial charge in [0.1, 0.15) is 12.7 Å². The fraction of sp³-hybridized carbons (Fsp3) is 0.417. The van der Waals surface area contributed by atoms with Crippen LogP contribution in [0.15, 0.2) is 24.3 Å². The number of nitriles is 1. The van der Waals surface area contributed by atoms with E-state index in [1.165, 1.54) is 0 Å². The van der Waals surface area contributed by atoms with E-state index in [-0.39, 0.29) is 13.2 Å². The maximum absolute atomic E-state index is 11.8. The standard InChI is InChI=1S/C12H13F3N2O/c1-17(6-7-18-9-12(13,14)15)11-5-3-2-4-10(11)8-16/h2-5H,6-7,9H2,1H3. The van der Waals surface area contributed by atoms with E-state index in [4.69, 9.17) is 5.26 Å². The van der Waals surface area contributed by atoms with Gasteiger partial charge in [-0.2, -0.15) is 18.4 Å². The van der Waals surface area contributed by atoms with Crippen LogP contribution in [0.4, 0.5) is 18.9 Å². The molecule has 0 spiro atoms. The summed E-state index contributed by atoms with van der Waals surface area (Å²) in [5, 5.41) is 8.89. The summed E-state index contributed by atoms with van der Waals surface area (Å²) in [7, 11) is 1.70. The first-order valence-electron chi connectivity index (χ1n) is 5.29. The number of benzene rings is 1. The number of anilines is 1. The van der Waals surface area contributed by atoms with E-state index in [0.717, 1.165) is 0 Å². The van der Waals surface area contributed by atoms with Crippen molar-refractivity contribution < 1.29 is 17.9 Å². The lowest BCUT2D eigenvalue weighted by Gasteiger charge is -2.20. The number of nitrogens with zero attached hydrogens (tertiary/aromatic N) is 2. The maximum atomic E-state index is 11.8. The number of likely N-dealkylation sites (N-methyl/N-ethyl adjacent to an activating group) is 1. The van der Waals surface area contributed by atoms with Crippen molar-refractivity contribution in [2.45, 2.75) is 6.18 Å². The molecule has 0 unspecified atom stereocenters. The summed E-state index contributed by atoms with van der Waals surface area (Å²) in [5.41, 5.74) is 1.16. The normalized spacial score (nSPS) is 11.1. The molecule has 0 radical (unpaired) electrons. The van der Waals surface area contributed by atoms with E-state index in [1.54, 1.807) is 36.2 Å². The number of halogens is 3. The molecule has 1 rings (SSSR count). The van der Waals surface area contributed by atoms with Gasteiger partial charge in [0.2, 0.25) is 0 Å². The van der Waals surface area contributed by atoms with Gasteiger partial charge in [-0.1, -0.05) is 12.1 Å². The molecule has 0 aromatic heterocycles. The van der Waals surface area contributed by atoms with Gasteiger partial charge < -0.3 is 9.64 Å². The average molecular weight is 258 g/mol. The van der Waals surface area contributed by atoms with E-state index < -0.39 is 12.8 Å². The largest absolute Gasteiger partial charge is 0.411 e. The number of hydrogen-bond acceptors (Lipinski definition) is 3. The molecule has 1 aromatic carbocycles. The van der Waals surface area contributed by atoms with E-state index in [9.17, 15) is 13.2 Å². The van der Waals surface area contributed by atoms with Crippen LogP contribution in [0.3, 0.4) is 0 Å². The van der Waals surface area contributed by atoms with Crippen molar-refractivity contribution >= 4 is 5.69 Å². The molecule has 0 amide bonds. The summed E-state index contributed by atoms with van der Waals surface area (Å²) in [4.78, 5) is 1.69. The van der Waals surface area contributed by atoms with E-state index >= 15 is 0 Å². The van der Waals surface area contributed by atoms with Crippen molar-refractivity contribution in [3.63, 3.8) is 0 Å². The molecule has 98 valence electrons. The predicted molar refractivity (Wildman–Crippen MR) is 61.3 cm³/mol. The lowest BCUT2D eigenvalue weighted by Crippen LogP contribution is -2.26. The van der Waals surface area contributed by atoms with Crippen LogP contribution in [-0.4, -0.2) is 33.0 Å². The highest BCUT2D eigenvalue weighted by atomic mass is 19.4. The lowest BCUT2D eigenvalue weighted by atomic mass is 10.2. The molecule has 0 fully saturated rings. The third-order valence-electron chi connectivity index (χ3n) is 2.27. The van der Waals surface area contributed by atoms with Gasteiger partial charge in [-0.15, -0.1) is 0 Å². The van der Waals surface area contributed by atoms with Crippen molar-refractivity contribution in [2.24, 2.45) is 0 Å². The summed E-state index contributed by atoms with van der Waals surface area (Å²) in [6.45, 7) is -1.01. The Labute approximate surface area is 103 Å². The average Bonchev–Trinajstić information content (AvgIpc) is 2.33. The second-order valence-electron chi connectivity index (χ2n) is 3.72. The number of rotatable bonds is 5. The molecule has 18 heavy (non-hydrogen) atoms. The molecule has 1 aromatic rings. The number of para-hydroxylation sites is 1. The zero-order valence-corrected chi connectivity index (χ0v) is 9.87. The number of hydrogen-bond donors (Lipinski definition) is 0. The number of ether oxygens (including phenoxy) is 1. The van der Waals surface area contributed by atoms with Crippen LogP contribution in [0.1, 0.15) is 5.56 Å². The molecule has 0 saturated carbocycles. The summed E-state index contributed by atoms with van der Waals surface area (Å²) >= 11 is 0. The molecule has 0 saturated heterocycles. The second kappa shape index (κ2) is 6.26. The molecular formula is C12H13F3N2O. The predicted octanol–water partition coefficient (Wildman–Crippen LogP) is 2.57. The van der Waals surface area contributed by atoms with Crippen molar-refractivity contribution in [1.29, 1.82) is 5.26 Å². The quantitative estimate of drug-likeness (QED) is 0.761. The van der Waals surface area contributed by atoms with Gasteiger partial charge in [-0.05, 0) is 12.1 Å². The van der Waals surface area contributed by atoms with Crippen molar-refractivity contribution in [3.8, 4) is 6.07 Å². The zero-order chi connectivity index (χ0) is 13.6. The van der Waals surface area contributed by atoms with Crippen LogP contribution >= 0.6 is 0 Å². The maximum Gasteiger partial charge on any atom is 0.411 e. The molecule has 0 bridgehead atoms. The Bertz CT molecular complexity index is 426. The van der Waals surface area contributed by atoms with Gasteiger partial charge >= 0.3 is 6.18 Å². The Hall–Kier alpha value is -1.74.